The Hall–Kier alpha value is -2.61. The molecule has 8 nitrogen and oxygen atoms in total. The van der Waals surface area contributed by atoms with Crippen LogP contribution in [0.5, 0.6) is 0 Å². The van der Waals surface area contributed by atoms with E-state index in [-0.39, 0.29) is 5.91 Å². The second-order valence-corrected chi connectivity index (χ2v) is 9.58. The Kier molecular flexibility index (Phi) is 12.6. The van der Waals surface area contributed by atoms with Crippen molar-refractivity contribution in [2.75, 3.05) is 19.7 Å². The van der Waals surface area contributed by atoms with Crippen LogP contribution in [0.3, 0.4) is 0 Å². The van der Waals surface area contributed by atoms with Crippen molar-refractivity contribution in [1.29, 1.82) is 0 Å². The monoisotopic (exact) mass is 477 g/mol. The largest absolute Gasteiger partial charge is 0.444 e. The average molecular weight is 478 g/mol. The zero-order valence-electron chi connectivity index (χ0n) is 21.6. The van der Waals surface area contributed by atoms with Gasteiger partial charge in [-0.15, -0.1) is 0 Å². The smallest absolute Gasteiger partial charge is 0.408 e. The van der Waals surface area contributed by atoms with Crippen LogP contribution in [0.4, 0.5) is 4.79 Å². The van der Waals surface area contributed by atoms with Crippen LogP contribution in [0.1, 0.15) is 83.9 Å². The molecular formula is C26H43N3O5. The summed E-state index contributed by atoms with van der Waals surface area (Å²) in [5.74, 6) is -0.809. The molecule has 0 aromatic heterocycles. The normalized spacial score (nSPS) is 13.0. The van der Waals surface area contributed by atoms with E-state index in [0.717, 1.165) is 31.2 Å². The highest BCUT2D eigenvalue weighted by molar-refractivity contribution is 5.92. The summed E-state index contributed by atoms with van der Waals surface area (Å²) in [4.78, 5) is 40.7. The average Bonchev–Trinajstić information content (AvgIpc) is 2.76. The van der Waals surface area contributed by atoms with Gasteiger partial charge in [0.1, 0.15) is 17.7 Å². The second kappa shape index (κ2) is 14.6. The molecule has 0 aliphatic carbocycles. The number of benzene rings is 1. The Morgan fingerprint density at radius 2 is 1.65 bits per heavy atom. The van der Waals surface area contributed by atoms with E-state index in [1.807, 2.05) is 38.1 Å². The second-order valence-electron chi connectivity index (χ2n) is 9.58. The number of carbonyl (C=O) groups excluding carboxylic acids is 3. The van der Waals surface area contributed by atoms with Crippen molar-refractivity contribution in [2.45, 2.75) is 91.3 Å². The van der Waals surface area contributed by atoms with Gasteiger partial charge in [0, 0.05) is 13.1 Å². The predicted molar refractivity (Wildman–Crippen MR) is 133 cm³/mol. The number of rotatable bonds is 13. The summed E-state index contributed by atoms with van der Waals surface area (Å²) in [5.41, 5.74) is 0.966. The fourth-order valence-corrected chi connectivity index (χ4v) is 3.44. The Morgan fingerprint density at radius 1 is 1.03 bits per heavy atom. The number of nitrogens with one attached hydrogen (secondary N) is 2. The Balaban J connectivity index is 3.30. The molecule has 34 heavy (non-hydrogen) atoms. The number of carbonyl (C=O) groups is 3. The molecule has 0 saturated heterocycles. The summed E-state index contributed by atoms with van der Waals surface area (Å²) < 4.78 is 5.26. The fourth-order valence-electron chi connectivity index (χ4n) is 3.44. The standard InChI is InChI=1S/C26H43N3O5/c1-7-9-11-17-29(24(32)21(18-30)28-25(33)34-26(4,5)6)22(23(31)27-16-10-8-2)20-14-12-19(3)13-15-20/h12-15,21-22,30H,7-11,16-18H2,1-6H3,(H,27,31)(H,28,33). The van der Waals surface area contributed by atoms with E-state index >= 15 is 0 Å². The van der Waals surface area contributed by atoms with Crippen LogP contribution in [-0.2, 0) is 14.3 Å². The van der Waals surface area contributed by atoms with Crippen molar-refractivity contribution in [3.63, 3.8) is 0 Å². The van der Waals surface area contributed by atoms with Crippen LogP contribution >= 0.6 is 0 Å². The number of aliphatic hydroxyl groups excluding tert-OH is 1. The predicted octanol–water partition coefficient (Wildman–Crippen LogP) is 3.86. The van der Waals surface area contributed by atoms with Crippen LogP contribution in [0.2, 0.25) is 0 Å². The Labute approximate surface area is 204 Å². The number of aryl methyl sites for hydroxylation is 1. The van der Waals surface area contributed by atoms with Gasteiger partial charge in [0.05, 0.1) is 6.61 Å². The van der Waals surface area contributed by atoms with E-state index in [2.05, 4.69) is 17.6 Å². The van der Waals surface area contributed by atoms with Gasteiger partial charge in [-0.2, -0.15) is 0 Å². The lowest BCUT2D eigenvalue weighted by atomic mass is 10.0. The van der Waals surface area contributed by atoms with Gasteiger partial charge in [0.25, 0.3) is 0 Å². The fraction of sp³-hybridized carbons (Fsp3) is 0.654. The summed E-state index contributed by atoms with van der Waals surface area (Å²) in [6, 6.07) is 5.38. The van der Waals surface area contributed by atoms with E-state index in [4.69, 9.17) is 4.74 Å². The quantitative estimate of drug-likeness (QED) is 0.374. The third kappa shape index (κ3) is 10.1. The molecular weight excluding hydrogens is 434 g/mol. The molecule has 1 aromatic carbocycles. The zero-order valence-corrected chi connectivity index (χ0v) is 21.6. The van der Waals surface area contributed by atoms with E-state index < -0.39 is 36.3 Å². The Morgan fingerprint density at radius 3 is 2.18 bits per heavy atom. The first-order valence-electron chi connectivity index (χ1n) is 12.3. The molecule has 2 unspecified atom stereocenters. The van der Waals surface area contributed by atoms with Crippen molar-refractivity contribution in [3.05, 3.63) is 35.4 Å². The molecule has 1 rings (SSSR count). The molecule has 1 aromatic rings. The SMILES string of the molecule is CCCCCN(C(=O)C(CO)NC(=O)OC(C)(C)C)C(C(=O)NCCCC)c1ccc(C)cc1. The Bertz CT molecular complexity index is 774. The maximum Gasteiger partial charge on any atom is 0.408 e. The maximum absolute atomic E-state index is 13.6. The highest BCUT2D eigenvalue weighted by atomic mass is 16.6. The minimum atomic E-state index is -1.23. The maximum atomic E-state index is 13.6. The molecule has 2 atom stereocenters. The summed E-state index contributed by atoms with van der Waals surface area (Å²) in [5, 5.41) is 15.4. The number of aliphatic hydroxyl groups is 1. The van der Waals surface area contributed by atoms with Crippen molar-refractivity contribution >= 4 is 17.9 Å². The van der Waals surface area contributed by atoms with Crippen LogP contribution in [-0.4, -0.2) is 59.3 Å². The molecule has 0 spiro atoms. The molecule has 0 heterocycles. The molecule has 0 aliphatic heterocycles. The van der Waals surface area contributed by atoms with Gasteiger partial charge in [-0.05, 0) is 46.1 Å². The molecule has 192 valence electrons. The van der Waals surface area contributed by atoms with Gasteiger partial charge >= 0.3 is 6.09 Å². The number of ether oxygens (including phenoxy) is 1. The van der Waals surface area contributed by atoms with Crippen LogP contribution in [0.25, 0.3) is 0 Å². The van der Waals surface area contributed by atoms with Crippen LogP contribution in [0, 0.1) is 6.92 Å². The van der Waals surface area contributed by atoms with E-state index in [1.165, 1.54) is 4.90 Å². The van der Waals surface area contributed by atoms with Crippen molar-refractivity contribution < 1.29 is 24.2 Å². The first-order valence-corrected chi connectivity index (χ1v) is 12.3. The first kappa shape index (κ1) is 29.4. The summed E-state index contributed by atoms with van der Waals surface area (Å²) in [6.45, 7) is 11.4. The summed E-state index contributed by atoms with van der Waals surface area (Å²) in [6.07, 6.45) is 3.48. The van der Waals surface area contributed by atoms with Crippen molar-refractivity contribution in [2.24, 2.45) is 0 Å². The number of hydrogen-bond donors (Lipinski definition) is 3. The molecule has 0 aliphatic rings. The lowest BCUT2D eigenvalue weighted by Gasteiger charge is -2.34. The van der Waals surface area contributed by atoms with E-state index in [1.54, 1.807) is 20.8 Å². The lowest BCUT2D eigenvalue weighted by molar-refractivity contribution is -0.143. The van der Waals surface area contributed by atoms with Crippen LogP contribution in [0.15, 0.2) is 24.3 Å². The molecule has 0 radical (unpaired) electrons. The zero-order chi connectivity index (χ0) is 25.7. The third-order valence-corrected chi connectivity index (χ3v) is 5.24. The number of unbranched alkanes of at least 4 members (excludes halogenated alkanes) is 3. The molecule has 3 amide bonds. The van der Waals surface area contributed by atoms with E-state index in [0.29, 0.717) is 25.1 Å². The van der Waals surface area contributed by atoms with Gasteiger partial charge in [0.15, 0.2) is 0 Å². The van der Waals surface area contributed by atoms with Gasteiger partial charge in [-0.3, -0.25) is 9.59 Å². The number of amides is 3. The van der Waals surface area contributed by atoms with E-state index in [9.17, 15) is 19.5 Å². The number of alkyl carbamates (subject to hydrolysis) is 1. The topological polar surface area (TPSA) is 108 Å². The highest BCUT2D eigenvalue weighted by Crippen LogP contribution is 2.24. The molecule has 0 bridgehead atoms. The van der Waals surface area contributed by atoms with Crippen molar-refractivity contribution in [3.8, 4) is 0 Å². The number of hydrogen-bond acceptors (Lipinski definition) is 5. The lowest BCUT2D eigenvalue weighted by Crippen LogP contribution is -2.54. The molecule has 3 N–H and O–H groups in total. The van der Waals surface area contributed by atoms with Crippen LogP contribution < -0.4 is 10.6 Å². The highest BCUT2D eigenvalue weighted by Gasteiger charge is 2.35. The van der Waals surface area contributed by atoms with Gasteiger partial charge in [0.2, 0.25) is 11.8 Å². The van der Waals surface area contributed by atoms with Gasteiger partial charge in [-0.1, -0.05) is 62.9 Å². The minimum Gasteiger partial charge on any atom is -0.444 e. The van der Waals surface area contributed by atoms with Gasteiger partial charge < -0.3 is 25.4 Å². The summed E-state index contributed by atoms with van der Waals surface area (Å²) in [7, 11) is 0. The third-order valence-electron chi connectivity index (χ3n) is 5.24. The minimum absolute atomic E-state index is 0.281. The summed E-state index contributed by atoms with van der Waals surface area (Å²) >= 11 is 0. The molecule has 8 heteroatoms. The first-order chi connectivity index (χ1) is 16.0. The van der Waals surface area contributed by atoms with Gasteiger partial charge in [-0.25, -0.2) is 4.79 Å². The molecule has 0 saturated carbocycles. The molecule has 0 fully saturated rings. The number of nitrogens with zero attached hydrogens (tertiary/aromatic N) is 1. The van der Waals surface area contributed by atoms with Crippen molar-refractivity contribution in [1.82, 2.24) is 15.5 Å².